The second-order valence-corrected chi connectivity index (χ2v) is 15.5. The van der Waals surface area contributed by atoms with Crippen molar-refractivity contribution >= 4 is 61.2 Å². The number of amides is 2. The summed E-state index contributed by atoms with van der Waals surface area (Å²) in [5, 5.41) is 26.7. The Hall–Kier alpha value is -2.23. The van der Waals surface area contributed by atoms with Crippen LogP contribution in [-0.2, 0) is 38.0 Å². The average Bonchev–Trinajstić information content (AvgIpc) is 3.68. The zero-order valence-electron chi connectivity index (χ0n) is 33.8. The van der Waals surface area contributed by atoms with Crippen LogP contribution in [0.15, 0.2) is 21.2 Å². The first kappa shape index (κ1) is 52.1. The van der Waals surface area contributed by atoms with E-state index in [1.54, 1.807) is 25.5 Å². The minimum Gasteiger partial charge on any atom is -0.870 e. The predicted molar refractivity (Wildman–Crippen MR) is 216 cm³/mol. The molecular weight excluding hydrogens is 933 g/mol. The second kappa shape index (κ2) is 27.7. The molecule has 21 heteroatoms. The topological polar surface area (TPSA) is 245 Å². The maximum Gasteiger partial charge on any atom is 1.00 e. The number of aromatic nitrogens is 1. The van der Waals surface area contributed by atoms with E-state index in [1.807, 2.05) is 0 Å². The van der Waals surface area contributed by atoms with Crippen LogP contribution in [0.3, 0.4) is 0 Å². The van der Waals surface area contributed by atoms with Crippen LogP contribution in [0.2, 0.25) is 0 Å². The number of ether oxygens (including phenoxy) is 9. The van der Waals surface area contributed by atoms with E-state index < -0.39 is 42.7 Å². The van der Waals surface area contributed by atoms with Gasteiger partial charge in [-0.1, -0.05) is 6.92 Å². The quantitative estimate of drug-likeness (QED) is 0.0415. The Morgan fingerprint density at radius 1 is 0.867 bits per heavy atom. The third-order valence-corrected chi connectivity index (χ3v) is 11.4. The molecule has 2 aliphatic carbocycles. The number of carbonyl (C=O) groups excluding carboxylic acids is 3. The number of nitrogens with one attached hydrogen (secondary N) is 3. The summed E-state index contributed by atoms with van der Waals surface area (Å²) in [5.74, 6) is 8.25. The van der Waals surface area contributed by atoms with E-state index >= 15 is 0 Å². The van der Waals surface area contributed by atoms with Gasteiger partial charge in [-0.3, -0.25) is 0 Å². The molecule has 2 amide bonds. The molecule has 60 heavy (non-hydrogen) atoms. The smallest absolute Gasteiger partial charge is 0.870 e. The summed E-state index contributed by atoms with van der Waals surface area (Å²) in [6.07, 6.45) is 1.40. The van der Waals surface area contributed by atoms with Crippen LogP contribution in [0.4, 0.5) is 9.59 Å². The Labute approximate surface area is 387 Å². The van der Waals surface area contributed by atoms with Crippen LogP contribution >= 0.6 is 31.9 Å². The zero-order valence-corrected chi connectivity index (χ0v) is 39.0. The van der Waals surface area contributed by atoms with Crippen molar-refractivity contribution in [1.29, 1.82) is 0 Å². The van der Waals surface area contributed by atoms with Gasteiger partial charge < -0.3 is 78.7 Å². The van der Waals surface area contributed by atoms with Crippen LogP contribution in [0.1, 0.15) is 32.6 Å². The van der Waals surface area contributed by atoms with Crippen molar-refractivity contribution in [2.45, 2.75) is 57.2 Å². The first-order valence-corrected chi connectivity index (χ1v) is 21.0. The molecule has 1 saturated heterocycles. The number of rotatable bonds is 24. The first-order valence-electron chi connectivity index (χ1n) is 19.4. The van der Waals surface area contributed by atoms with Crippen molar-refractivity contribution in [1.82, 2.24) is 15.6 Å². The SMILES string of the molecule is C[C@H]1[C@H](O)[C@@H](O)[C@H](Oc2c[nH]c3cc(Br)c(OCCOCCOCCOC(=O)NCCOCCOCCNC(=O)OCC4[C@H]5CCC#CCC[C@@H]45)c(Br)c23)O[C@@H]1[C-]=O.[Na+].[OH-]. The van der Waals surface area contributed by atoms with E-state index in [4.69, 9.17) is 42.6 Å². The second-order valence-electron chi connectivity index (χ2n) is 13.9. The number of hydrogen-bond donors (Lipinski definition) is 5. The average molecular weight is 987 g/mol. The molecule has 3 aliphatic rings. The molecule has 0 spiro atoms. The van der Waals surface area contributed by atoms with Crippen LogP contribution < -0.4 is 49.7 Å². The molecule has 2 fully saturated rings. The van der Waals surface area contributed by atoms with E-state index in [9.17, 15) is 24.6 Å². The number of carbonyl (C=O) groups is 2. The molecule has 18 nitrogen and oxygen atoms in total. The number of aromatic amines is 1. The van der Waals surface area contributed by atoms with Gasteiger partial charge >= 0.3 is 41.7 Å². The van der Waals surface area contributed by atoms with Gasteiger partial charge in [-0.2, -0.15) is 0 Å². The van der Waals surface area contributed by atoms with Crippen molar-refractivity contribution in [3.05, 3.63) is 21.2 Å². The summed E-state index contributed by atoms with van der Waals surface area (Å²) in [4.78, 5) is 38.2. The number of hydrogen-bond acceptors (Lipinski definition) is 15. The minimum absolute atomic E-state index is 0. The number of H-pyrrole nitrogens is 1. The molecule has 2 heterocycles. The van der Waals surface area contributed by atoms with Crippen molar-refractivity contribution in [3.63, 3.8) is 0 Å². The molecule has 1 saturated carbocycles. The van der Waals surface area contributed by atoms with Crippen molar-refractivity contribution < 1.29 is 102 Å². The number of halogens is 2. The molecule has 1 aliphatic heterocycles. The number of benzene rings is 1. The Balaban J connectivity index is 0.00000480. The summed E-state index contributed by atoms with van der Waals surface area (Å²) in [6, 6.07) is 1.80. The Kier molecular flexibility index (Phi) is 24.1. The van der Waals surface area contributed by atoms with E-state index in [0.717, 1.165) is 25.7 Å². The van der Waals surface area contributed by atoms with E-state index in [-0.39, 0.29) is 81.2 Å². The molecule has 5 rings (SSSR count). The summed E-state index contributed by atoms with van der Waals surface area (Å²) < 4.78 is 51.0. The Bertz CT molecular complexity index is 1680. The molecule has 0 bridgehead atoms. The van der Waals surface area contributed by atoms with E-state index in [2.05, 4.69) is 59.3 Å². The van der Waals surface area contributed by atoms with E-state index in [1.165, 1.54) is 0 Å². The third-order valence-electron chi connectivity index (χ3n) is 10.0. The minimum atomic E-state index is -1.38. The van der Waals surface area contributed by atoms with E-state index in [0.29, 0.717) is 88.7 Å². The fraction of sp³-hybridized carbons (Fsp3) is 0.667. The summed E-state index contributed by atoms with van der Waals surface area (Å²) in [7, 11) is 0. The summed E-state index contributed by atoms with van der Waals surface area (Å²) in [6.45, 7) is 5.28. The van der Waals surface area contributed by atoms with Gasteiger partial charge in [0.25, 0.3) is 0 Å². The molecule has 1 unspecified atom stereocenters. The van der Waals surface area contributed by atoms with Crippen molar-refractivity contribution in [2.24, 2.45) is 23.7 Å². The zero-order chi connectivity index (χ0) is 41.3. The fourth-order valence-electron chi connectivity index (χ4n) is 6.80. The fourth-order valence-corrected chi connectivity index (χ4v) is 8.35. The Morgan fingerprint density at radius 3 is 2.05 bits per heavy atom. The van der Waals surface area contributed by atoms with Gasteiger partial charge in [-0.15, -0.1) is 11.8 Å². The largest absolute Gasteiger partial charge is 1.00 e. The molecule has 8 atom stereocenters. The number of aliphatic hydroxyl groups is 2. The van der Waals surface area contributed by atoms with Gasteiger partial charge in [-0.05, 0) is 80.5 Å². The predicted octanol–water partition coefficient (Wildman–Crippen LogP) is 0.429. The van der Waals surface area contributed by atoms with Gasteiger partial charge in [0.1, 0.15) is 30.8 Å². The van der Waals surface area contributed by atoms with Crippen LogP contribution in [-0.4, -0.2) is 150 Å². The third kappa shape index (κ3) is 15.8. The first-order chi connectivity index (χ1) is 28.2. The molecule has 0 radical (unpaired) electrons. The molecule has 1 aromatic heterocycles. The molecule has 330 valence electrons. The number of alkyl carbamates (subject to hydrolysis) is 2. The normalized spacial score (nSPS) is 24.1. The van der Waals surface area contributed by atoms with Gasteiger partial charge in [0.05, 0.1) is 85.4 Å². The van der Waals surface area contributed by atoms with Crippen molar-refractivity contribution in [2.75, 3.05) is 85.8 Å². The molecular formula is C39H53Br2N3NaO15-. The maximum absolute atomic E-state index is 12.0. The van der Waals surface area contributed by atoms with Crippen LogP contribution in [0, 0.1) is 35.5 Å². The van der Waals surface area contributed by atoms with Gasteiger partial charge in [0.15, 0.2) is 0 Å². The van der Waals surface area contributed by atoms with Crippen LogP contribution in [0.25, 0.3) is 10.9 Å². The van der Waals surface area contributed by atoms with Gasteiger partial charge in [-0.25, -0.2) is 15.9 Å². The van der Waals surface area contributed by atoms with Gasteiger partial charge in [0.2, 0.25) is 6.29 Å². The summed E-state index contributed by atoms with van der Waals surface area (Å²) >= 11 is 7.09. The number of fused-ring (bicyclic) bond motifs is 2. The maximum atomic E-state index is 12.0. The van der Waals surface area contributed by atoms with Crippen LogP contribution in [0.5, 0.6) is 11.5 Å². The standard InChI is InChI=1S/C39H52Br2N3O14.Na.H2O/c1-24-31(22-45)58-37(35(47)34(24)46)57-30-21-44-29-20-28(40)36(33(41)32(29)30)54-18-16-52-14-15-53-17-19-55-38(48)42-8-10-50-12-13-51-11-9-43-39(49)56-23-27-25-6-4-2-3-5-7-26(25)27;;/h20-21,24-27,31,34-35,37,44,46-47H,4-19,23H2,1H3,(H,42,48)(H,43,49);;1H2/q-1;+1;/p-1/t24-,25-,26+,27?,31-,34+,35-,37-;;/m1../s1. The number of aliphatic hydroxyl groups excluding tert-OH is 2. The van der Waals surface area contributed by atoms with Crippen molar-refractivity contribution in [3.8, 4) is 23.3 Å². The summed E-state index contributed by atoms with van der Waals surface area (Å²) in [5.41, 5.74) is 0.686. The molecule has 6 N–H and O–H groups in total. The molecule has 2 aromatic rings. The molecule has 1 aromatic carbocycles. The van der Waals surface area contributed by atoms with Gasteiger partial charge in [0, 0.05) is 32.1 Å². The monoisotopic (exact) mass is 984 g/mol. The Morgan fingerprint density at radius 2 is 1.43 bits per heavy atom.